The van der Waals surface area contributed by atoms with Gasteiger partial charge < -0.3 is 19.5 Å². The van der Waals surface area contributed by atoms with E-state index in [0.717, 1.165) is 11.3 Å². The number of morpholine rings is 1. The molecule has 0 spiro atoms. The van der Waals surface area contributed by atoms with E-state index in [1.54, 1.807) is 17.0 Å². The van der Waals surface area contributed by atoms with Crippen LogP contribution in [0.4, 0.5) is 13.2 Å². The predicted molar refractivity (Wildman–Crippen MR) is 105 cm³/mol. The molecule has 1 aliphatic rings. The molecule has 1 N–H and O–H groups in total. The summed E-state index contributed by atoms with van der Waals surface area (Å²) in [6, 6.07) is 5.74. The van der Waals surface area contributed by atoms with Crippen molar-refractivity contribution in [3.8, 4) is 10.7 Å². The van der Waals surface area contributed by atoms with Gasteiger partial charge in [-0.05, 0) is 24.3 Å². The molecule has 4 rings (SSSR count). The summed E-state index contributed by atoms with van der Waals surface area (Å²) in [5.74, 6) is -2.34. The first-order valence-corrected chi connectivity index (χ1v) is 10.2. The van der Waals surface area contributed by atoms with E-state index in [9.17, 15) is 22.8 Å². The number of hydrogen-bond donors (Lipinski definition) is 1. The minimum atomic E-state index is -4.75. The molecule has 13 heteroatoms. The Bertz CT molecular complexity index is 1100. The number of amides is 2. The smallest absolute Gasteiger partial charge is 0.377 e. The molecule has 1 atom stereocenters. The van der Waals surface area contributed by atoms with Gasteiger partial charge in [0.1, 0.15) is 0 Å². The summed E-state index contributed by atoms with van der Waals surface area (Å²) in [4.78, 5) is 34.7. The quantitative estimate of drug-likeness (QED) is 0.614. The van der Waals surface area contributed by atoms with Crippen LogP contribution in [-0.4, -0.2) is 64.2 Å². The summed E-state index contributed by atoms with van der Waals surface area (Å²) < 4.78 is 47.5. The first-order valence-electron chi connectivity index (χ1n) is 9.41. The van der Waals surface area contributed by atoms with E-state index in [4.69, 9.17) is 4.74 Å². The minimum absolute atomic E-state index is 0.142. The summed E-state index contributed by atoms with van der Waals surface area (Å²) in [5, 5.41) is 6.05. The Morgan fingerprint density at radius 3 is 2.72 bits per heavy atom. The second kappa shape index (κ2) is 9.04. The molecule has 168 valence electrons. The third kappa shape index (κ3) is 4.78. The molecular formula is C19H16F3N5O4S. The summed E-state index contributed by atoms with van der Waals surface area (Å²) in [5.41, 5.74) is 0.486. The highest BCUT2D eigenvalue weighted by molar-refractivity contribution is 7.17. The van der Waals surface area contributed by atoms with Crippen LogP contribution in [-0.2, 0) is 10.9 Å². The molecule has 32 heavy (non-hydrogen) atoms. The lowest BCUT2D eigenvalue weighted by molar-refractivity contribution is -0.159. The van der Waals surface area contributed by atoms with Crippen molar-refractivity contribution in [3.05, 3.63) is 53.0 Å². The van der Waals surface area contributed by atoms with Crippen molar-refractivity contribution >= 4 is 23.2 Å². The van der Waals surface area contributed by atoms with Crippen molar-refractivity contribution < 1.29 is 32.0 Å². The summed E-state index contributed by atoms with van der Waals surface area (Å²) in [6.07, 6.45) is -1.69. The van der Waals surface area contributed by atoms with Crippen LogP contribution in [0.2, 0.25) is 0 Å². The molecule has 1 aliphatic heterocycles. The Morgan fingerprint density at radius 2 is 2.00 bits per heavy atom. The minimum Gasteiger partial charge on any atom is -0.377 e. The molecule has 3 aromatic rings. The average Bonchev–Trinajstić information content (AvgIpc) is 3.47. The van der Waals surface area contributed by atoms with Crippen LogP contribution in [0.15, 0.2) is 41.2 Å². The van der Waals surface area contributed by atoms with E-state index in [1.807, 2.05) is 0 Å². The van der Waals surface area contributed by atoms with Crippen molar-refractivity contribution in [1.29, 1.82) is 0 Å². The normalized spacial score (nSPS) is 16.7. The Balaban J connectivity index is 1.40. The third-order valence-corrected chi connectivity index (χ3v) is 5.71. The highest BCUT2D eigenvalue weighted by atomic mass is 32.1. The van der Waals surface area contributed by atoms with Crippen molar-refractivity contribution in [2.75, 3.05) is 26.3 Å². The number of pyridine rings is 1. The van der Waals surface area contributed by atoms with Gasteiger partial charge in [-0.2, -0.15) is 18.2 Å². The molecule has 4 heterocycles. The Hall–Kier alpha value is -3.32. The van der Waals surface area contributed by atoms with E-state index in [1.165, 1.54) is 24.5 Å². The van der Waals surface area contributed by atoms with E-state index < -0.39 is 18.0 Å². The van der Waals surface area contributed by atoms with Crippen LogP contribution in [0.25, 0.3) is 10.7 Å². The maximum Gasteiger partial charge on any atom is 0.471 e. The Morgan fingerprint density at radius 1 is 1.22 bits per heavy atom. The first kappa shape index (κ1) is 21.9. The fourth-order valence-electron chi connectivity index (χ4n) is 3.07. The van der Waals surface area contributed by atoms with Crippen LogP contribution in [0.3, 0.4) is 0 Å². The number of aromatic nitrogens is 3. The van der Waals surface area contributed by atoms with Crippen molar-refractivity contribution in [1.82, 2.24) is 25.3 Å². The number of carbonyl (C=O) groups is 2. The van der Waals surface area contributed by atoms with E-state index in [-0.39, 0.29) is 40.7 Å². The molecule has 0 bridgehead atoms. The fraction of sp³-hybridized carbons (Fsp3) is 0.316. The second-order valence-corrected chi connectivity index (χ2v) is 7.84. The number of nitrogens with zero attached hydrogens (tertiary/aromatic N) is 4. The fourth-order valence-corrected chi connectivity index (χ4v) is 3.92. The van der Waals surface area contributed by atoms with Gasteiger partial charge >= 0.3 is 12.1 Å². The van der Waals surface area contributed by atoms with Gasteiger partial charge in [-0.25, -0.2) is 0 Å². The molecular weight excluding hydrogens is 451 g/mol. The van der Waals surface area contributed by atoms with Crippen LogP contribution in [0.5, 0.6) is 0 Å². The molecule has 9 nitrogen and oxygen atoms in total. The predicted octanol–water partition coefficient (Wildman–Crippen LogP) is 2.48. The lowest BCUT2D eigenvalue weighted by Gasteiger charge is -2.35. The summed E-state index contributed by atoms with van der Waals surface area (Å²) in [6.45, 7) is 1.17. The van der Waals surface area contributed by atoms with Gasteiger partial charge in [0.2, 0.25) is 5.82 Å². The zero-order chi connectivity index (χ0) is 22.7. The van der Waals surface area contributed by atoms with Crippen LogP contribution in [0, 0.1) is 0 Å². The number of thiophene rings is 1. The number of alkyl halides is 3. The highest BCUT2D eigenvalue weighted by Gasteiger charge is 2.38. The molecule has 1 unspecified atom stereocenters. The van der Waals surface area contributed by atoms with E-state index in [2.05, 4.69) is 25.0 Å². The zero-order valence-electron chi connectivity index (χ0n) is 16.3. The lowest BCUT2D eigenvalue weighted by atomic mass is 10.1. The maximum atomic E-state index is 12.8. The topological polar surface area (TPSA) is 110 Å². The largest absolute Gasteiger partial charge is 0.471 e. The summed E-state index contributed by atoms with van der Waals surface area (Å²) >= 11 is 0.925. The third-order valence-electron chi connectivity index (χ3n) is 4.63. The molecule has 0 radical (unpaired) electrons. The van der Waals surface area contributed by atoms with Crippen LogP contribution in [0.1, 0.15) is 25.9 Å². The molecule has 2 amide bonds. The van der Waals surface area contributed by atoms with Crippen molar-refractivity contribution in [2.24, 2.45) is 0 Å². The van der Waals surface area contributed by atoms with Gasteiger partial charge in [0.05, 0.1) is 29.0 Å². The van der Waals surface area contributed by atoms with E-state index in [0.29, 0.717) is 18.7 Å². The Labute approximate surface area is 183 Å². The van der Waals surface area contributed by atoms with Gasteiger partial charge in [0.25, 0.3) is 11.8 Å². The van der Waals surface area contributed by atoms with E-state index >= 15 is 0 Å². The number of rotatable bonds is 5. The average molecular weight is 467 g/mol. The maximum absolute atomic E-state index is 12.8. The van der Waals surface area contributed by atoms with Gasteiger partial charge in [-0.1, -0.05) is 5.16 Å². The number of ether oxygens (including phenoxy) is 1. The van der Waals surface area contributed by atoms with Gasteiger partial charge in [0.15, 0.2) is 0 Å². The number of carbonyl (C=O) groups excluding carboxylic acids is 2. The molecule has 1 fully saturated rings. The zero-order valence-corrected chi connectivity index (χ0v) is 17.2. The van der Waals surface area contributed by atoms with Crippen molar-refractivity contribution in [3.63, 3.8) is 0 Å². The molecule has 3 aromatic heterocycles. The first-order chi connectivity index (χ1) is 15.3. The Kier molecular flexibility index (Phi) is 6.19. The highest BCUT2D eigenvalue weighted by Crippen LogP contribution is 2.31. The number of halogens is 3. The number of nitrogens with one attached hydrogen (secondary N) is 1. The molecule has 0 saturated carbocycles. The van der Waals surface area contributed by atoms with Crippen molar-refractivity contribution in [2.45, 2.75) is 12.2 Å². The summed E-state index contributed by atoms with van der Waals surface area (Å²) in [7, 11) is 0. The number of hydrogen-bond acceptors (Lipinski definition) is 8. The SMILES string of the molecule is O=C(NCC1COCCN1C(=O)c1ccncc1)c1ccc(-c2noc(C(F)(F)F)n2)s1. The lowest BCUT2D eigenvalue weighted by Crippen LogP contribution is -2.53. The van der Waals surface area contributed by atoms with Crippen LogP contribution >= 0.6 is 11.3 Å². The monoisotopic (exact) mass is 467 g/mol. The second-order valence-electron chi connectivity index (χ2n) is 6.76. The standard InChI is InChI=1S/C19H16F3N5O4S/c20-19(21,22)18-25-15(26-31-18)13-1-2-14(32-13)16(28)24-9-12-10-30-8-7-27(12)17(29)11-3-5-23-6-4-11/h1-6,12H,7-10H2,(H,24,28). The van der Waals surface area contributed by atoms with Gasteiger partial charge in [0, 0.05) is 31.0 Å². The van der Waals surface area contributed by atoms with Gasteiger partial charge in [-0.15, -0.1) is 11.3 Å². The molecule has 0 aromatic carbocycles. The van der Waals surface area contributed by atoms with Gasteiger partial charge in [-0.3, -0.25) is 14.6 Å². The van der Waals surface area contributed by atoms with Crippen LogP contribution < -0.4 is 5.32 Å². The molecule has 0 aliphatic carbocycles. The molecule has 1 saturated heterocycles.